The van der Waals surface area contributed by atoms with Crippen LogP contribution >= 0.6 is 27.5 Å². The van der Waals surface area contributed by atoms with E-state index in [9.17, 15) is 13.6 Å². The number of carbonyl (C=O) groups is 1. The summed E-state index contributed by atoms with van der Waals surface area (Å²) in [5.74, 6) is -1.09. The molecule has 1 aromatic heterocycles. The van der Waals surface area contributed by atoms with Crippen LogP contribution in [0.15, 0.2) is 6.20 Å². The van der Waals surface area contributed by atoms with Gasteiger partial charge in [-0.25, -0.2) is 8.78 Å². The van der Waals surface area contributed by atoms with Gasteiger partial charge >= 0.3 is 5.97 Å². The van der Waals surface area contributed by atoms with Crippen molar-refractivity contribution in [2.75, 3.05) is 0 Å². The first kappa shape index (κ1) is 13.3. The first-order valence-electron chi connectivity index (χ1n) is 4.19. The molecule has 0 amide bonds. The molecule has 7 heteroatoms. The van der Waals surface area contributed by atoms with Crippen molar-refractivity contribution in [1.82, 2.24) is 4.98 Å². The third-order valence-electron chi connectivity index (χ3n) is 1.91. The number of rotatable bonds is 4. The summed E-state index contributed by atoms with van der Waals surface area (Å²) in [6.45, 7) is 0. The van der Waals surface area contributed by atoms with E-state index in [0.29, 0.717) is 5.56 Å². The summed E-state index contributed by atoms with van der Waals surface area (Å²) >= 11 is 8.82. The number of aromatic nitrogens is 1. The van der Waals surface area contributed by atoms with Crippen molar-refractivity contribution in [2.24, 2.45) is 0 Å². The van der Waals surface area contributed by atoms with Crippen molar-refractivity contribution < 1.29 is 18.7 Å². The zero-order valence-electron chi connectivity index (χ0n) is 7.88. The highest BCUT2D eigenvalue weighted by molar-refractivity contribution is 9.08. The number of halogens is 4. The lowest BCUT2D eigenvalue weighted by Gasteiger charge is -2.10. The molecule has 1 heterocycles. The summed E-state index contributed by atoms with van der Waals surface area (Å²) in [6, 6.07) is 0. The first-order valence-corrected chi connectivity index (χ1v) is 5.69. The molecule has 0 aliphatic heterocycles. The summed E-state index contributed by atoms with van der Waals surface area (Å²) in [4.78, 5) is 14.2. The Kier molecular flexibility index (Phi) is 4.61. The number of hydrogen-bond acceptors (Lipinski definition) is 2. The third kappa shape index (κ3) is 2.89. The topological polar surface area (TPSA) is 50.2 Å². The van der Waals surface area contributed by atoms with E-state index in [0.717, 1.165) is 6.20 Å². The normalized spacial score (nSPS) is 10.8. The SMILES string of the molecule is O=C(O)Cc1ncc(C(F)F)c(Cl)c1CBr. The Labute approximate surface area is 104 Å². The molecule has 1 rings (SSSR count). The number of pyridine rings is 1. The molecule has 0 unspecified atom stereocenters. The fraction of sp³-hybridized carbons (Fsp3) is 0.333. The predicted molar refractivity (Wildman–Crippen MR) is 58.2 cm³/mol. The van der Waals surface area contributed by atoms with Crippen molar-refractivity contribution in [3.63, 3.8) is 0 Å². The maximum Gasteiger partial charge on any atom is 0.309 e. The largest absolute Gasteiger partial charge is 0.481 e. The van der Waals surface area contributed by atoms with Gasteiger partial charge in [0.25, 0.3) is 6.43 Å². The second-order valence-electron chi connectivity index (χ2n) is 2.96. The average molecular weight is 315 g/mol. The number of carboxylic acid groups (broad SMARTS) is 1. The van der Waals surface area contributed by atoms with Crippen LogP contribution in [0, 0.1) is 0 Å². The fourth-order valence-corrected chi connectivity index (χ4v) is 2.24. The van der Waals surface area contributed by atoms with Gasteiger partial charge in [0.15, 0.2) is 0 Å². The number of alkyl halides is 3. The van der Waals surface area contributed by atoms with Gasteiger partial charge in [0.1, 0.15) is 0 Å². The zero-order chi connectivity index (χ0) is 12.3. The molecule has 0 bridgehead atoms. The lowest BCUT2D eigenvalue weighted by Crippen LogP contribution is -2.07. The lowest BCUT2D eigenvalue weighted by atomic mass is 10.1. The van der Waals surface area contributed by atoms with Crippen LogP contribution in [-0.2, 0) is 16.5 Å². The van der Waals surface area contributed by atoms with E-state index in [-0.39, 0.29) is 28.0 Å². The highest BCUT2D eigenvalue weighted by atomic mass is 79.9. The van der Waals surface area contributed by atoms with Gasteiger partial charge in [0.05, 0.1) is 22.7 Å². The summed E-state index contributed by atoms with van der Waals surface area (Å²) in [5, 5.41) is 8.67. The van der Waals surface area contributed by atoms with E-state index in [1.807, 2.05) is 0 Å². The molecule has 0 radical (unpaired) electrons. The molecule has 0 saturated heterocycles. The number of carboxylic acids is 1. The molecule has 1 aromatic rings. The molecule has 0 aliphatic carbocycles. The Hall–Kier alpha value is -0.750. The van der Waals surface area contributed by atoms with Crippen molar-refractivity contribution in [3.05, 3.63) is 28.0 Å². The molecule has 0 aromatic carbocycles. The highest BCUT2D eigenvalue weighted by Crippen LogP contribution is 2.31. The molecular weight excluding hydrogens is 307 g/mol. The van der Waals surface area contributed by atoms with E-state index >= 15 is 0 Å². The van der Waals surface area contributed by atoms with Gasteiger partial charge in [-0.1, -0.05) is 27.5 Å². The summed E-state index contributed by atoms with van der Waals surface area (Å²) < 4.78 is 25.0. The van der Waals surface area contributed by atoms with E-state index in [4.69, 9.17) is 16.7 Å². The van der Waals surface area contributed by atoms with Crippen LogP contribution in [0.5, 0.6) is 0 Å². The molecule has 1 N–H and O–H groups in total. The van der Waals surface area contributed by atoms with Gasteiger partial charge in [-0.3, -0.25) is 9.78 Å². The van der Waals surface area contributed by atoms with Crippen molar-refractivity contribution in [3.8, 4) is 0 Å². The van der Waals surface area contributed by atoms with Crippen LogP contribution in [0.4, 0.5) is 8.78 Å². The number of nitrogens with zero attached hydrogens (tertiary/aromatic N) is 1. The van der Waals surface area contributed by atoms with Gasteiger partial charge in [0, 0.05) is 17.1 Å². The molecule has 16 heavy (non-hydrogen) atoms. The van der Waals surface area contributed by atoms with E-state index in [1.165, 1.54) is 0 Å². The average Bonchev–Trinajstić information content (AvgIpc) is 2.16. The maximum absolute atomic E-state index is 12.5. The van der Waals surface area contributed by atoms with Gasteiger partial charge in [-0.2, -0.15) is 0 Å². The zero-order valence-corrected chi connectivity index (χ0v) is 10.2. The van der Waals surface area contributed by atoms with Crippen LogP contribution < -0.4 is 0 Å². The Morgan fingerprint density at radius 2 is 2.25 bits per heavy atom. The second-order valence-corrected chi connectivity index (χ2v) is 3.90. The maximum atomic E-state index is 12.5. The molecule has 0 saturated carbocycles. The van der Waals surface area contributed by atoms with Gasteiger partial charge in [-0.05, 0) is 0 Å². The van der Waals surface area contributed by atoms with Gasteiger partial charge in [0.2, 0.25) is 0 Å². The minimum atomic E-state index is -2.73. The summed E-state index contributed by atoms with van der Waals surface area (Å²) in [7, 11) is 0. The molecule has 3 nitrogen and oxygen atoms in total. The molecule has 0 atom stereocenters. The summed E-state index contributed by atoms with van der Waals surface area (Å²) in [5.41, 5.74) is 0.103. The third-order valence-corrected chi connectivity index (χ3v) is 2.92. The Bertz CT molecular complexity index is 415. The smallest absolute Gasteiger partial charge is 0.309 e. The minimum Gasteiger partial charge on any atom is -0.481 e. The fourth-order valence-electron chi connectivity index (χ4n) is 1.17. The molecule has 88 valence electrons. The minimum absolute atomic E-state index is 0.127. The molecule has 0 aliphatic rings. The van der Waals surface area contributed by atoms with Crippen LogP contribution in [0.3, 0.4) is 0 Å². The monoisotopic (exact) mass is 313 g/mol. The lowest BCUT2D eigenvalue weighted by molar-refractivity contribution is -0.136. The van der Waals surface area contributed by atoms with E-state index in [1.54, 1.807) is 0 Å². The van der Waals surface area contributed by atoms with Crippen LogP contribution in [-0.4, -0.2) is 16.1 Å². The van der Waals surface area contributed by atoms with Gasteiger partial charge in [-0.15, -0.1) is 0 Å². The Balaban J connectivity index is 3.23. The van der Waals surface area contributed by atoms with Crippen molar-refractivity contribution in [2.45, 2.75) is 18.2 Å². The van der Waals surface area contributed by atoms with Crippen molar-refractivity contribution >= 4 is 33.5 Å². The molecule has 0 fully saturated rings. The van der Waals surface area contributed by atoms with E-state index < -0.39 is 12.4 Å². The molecular formula is C9H7BrClF2NO2. The van der Waals surface area contributed by atoms with Gasteiger partial charge < -0.3 is 5.11 Å². The van der Waals surface area contributed by atoms with Crippen LogP contribution in [0.25, 0.3) is 0 Å². The van der Waals surface area contributed by atoms with Crippen molar-refractivity contribution in [1.29, 1.82) is 0 Å². The second kappa shape index (κ2) is 5.54. The standard InChI is InChI=1S/C9H7BrClF2NO2/c10-2-4-6(1-7(15)16)14-3-5(8(4)11)9(12)13/h3,9H,1-2H2,(H,15,16). The Morgan fingerprint density at radius 1 is 1.62 bits per heavy atom. The quantitative estimate of drug-likeness (QED) is 0.868. The highest BCUT2D eigenvalue weighted by Gasteiger charge is 2.19. The van der Waals surface area contributed by atoms with Crippen LogP contribution in [0.1, 0.15) is 23.2 Å². The first-order chi connectivity index (χ1) is 7.47. The predicted octanol–water partition coefficient (Wildman–Crippen LogP) is 3.19. The summed E-state index contributed by atoms with van der Waals surface area (Å²) in [6.07, 6.45) is -2.15. The number of hydrogen-bond donors (Lipinski definition) is 1. The molecule has 0 spiro atoms. The number of aliphatic carboxylic acids is 1. The van der Waals surface area contributed by atoms with Crippen LogP contribution in [0.2, 0.25) is 5.02 Å². The Morgan fingerprint density at radius 3 is 2.69 bits per heavy atom. The van der Waals surface area contributed by atoms with E-state index in [2.05, 4.69) is 20.9 Å².